The van der Waals surface area contributed by atoms with Gasteiger partial charge < -0.3 is 19.6 Å². The van der Waals surface area contributed by atoms with Crippen LogP contribution in [0.15, 0.2) is 30.5 Å². The molecule has 0 aliphatic carbocycles. The van der Waals surface area contributed by atoms with Crippen LogP contribution in [0.5, 0.6) is 5.75 Å². The average Bonchev–Trinajstić information content (AvgIpc) is 3.42. The van der Waals surface area contributed by atoms with E-state index in [4.69, 9.17) is 21.4 Å². The van der Waals surface area contributed by atoms with Gasteiger partial charge in [0.2, 0.25) is 0 Å². The number of carbonyl (C=O) groups is 2. The lowest BCUT2D eigenvalue weighted by Gasteiger charge is -2.33. The van der Waals surface area contributed by atoms with E-state index >= 15 is 0 Å². The lowest BCUT2D eigenvalue weighted by atomic mass is 10.1. The van der Waals surface area contributed by atoms with Crippen molar-refractivity contribution >= 4 is 29.3 Å². The molecule has 0 saturated carbocycles. The summed E-state index contributed by atoms with van der Waals surface area (Å²) in [6, 6.07) is 6.72. The second kappa shape index (κ2) is 8.32. The molecule has 1 amide bonds. The van der Waals surface area contributed by atoms with E-state index in [1.54, 1.807) is 4.90 Å². The molecule has 1 aromatic carbocycles. The van der Waals surface area contributed by atoms with Crippen molar-refractivity contribution in [3.8, 4) is 5.75 Å². The van der Waals surface area contributed by atoms with Crippen molar-refractivity contribution < 1.29 is 19.4 Å². The third kappa shape index (κ3) is 4.32. The maximum atomic E-state index is 12.5. The van der Waals surface area contributed by atoms with Crippen LogP contribution in [0.25, 0.3) is 0 Å². The fraction of sp³-hybridized carbons (Fsp3) is 0.450. The highest BCUT2D eigenvalue weighted by Crippen LogP contribution is 2.35. The minimum absolute atomic E-state index is 0.00813. The second-order valence-corrected chi connectivity index (χ2v) is 7.78. The van der Waals surface area contributed by atoms with Crippen molar-refractivity contribution in [3.05, 3.63) is 41.2 Å². The lowest BCUT2D eigenvalue weighted by molar-refractivity contribution is 0.0690. The van der Waals surface area contributed by atoms with Gasteiger partial charge >= 0.3 is 12.0 Å². The summed E-state index contributed by atoms with van der Waals surface area (Å²) in [4.78, 5) is 27.5. The maximum absolute atomic E-state index is 12.5. The lowest BCUT2D eigenvalue weighted by Crippen LogP contribution is -2.43. The highest BCUT2D eigenvalue weighted by molar-refractivity contribution is 6.30. The van der Waals surface area contributed by atoms with Gasteiger partial charge in [-0.1, -0.05) is 11.6 Å². The molecule has 9 heteroatoms. The van der Waals surface area contributed by atoms with Gasteiger partial charge in [-0.3, -0.25) is 0 Å². The summed E-state index contributed by atoms with van der Waals surface area (Å²) in [6.45, 7) is 3.06. The third-order valence-corrected chi connectivity index (χ3v) is 5.61. The number of hydrogen-bond donors (Lipinski definition) is 1. The smallest absolute Gasteiger partial charge is 0.356 e. The molecule has 2 aliphatic heterocycles. The number of benzene rings is 1. The highest BCUT2D eigenvalue weighted by atomic mass is 35.5. The van der Waals surface area contributed by atoms with Gasteiger partial charge in [0.15, 0.2) is 5.69 Å². The summed E-state index contributed by atoms with van der Waals surface area (Å²) < 4.78 is 7.36. The molecule has 0 spiro atoms. The topological polar surface area (TPSA) is 87.9 Å². The van der Waals surface area contributed by atoms with Crippen LogP contribution in [0.4, 0.5) is 10.5 Å². The number of likely N-dealkylation sites (tertiary alicyclic amines) is 1. The Kier molecular flexibility index (Phi) is 5.62. The van der Waals surface area contributed by atoms with Crippen LogP contribution in [0.2, 0.25) is 5.02 Å². The van der Waals surface area contributed by atoms with Gasteiger partial charge in [-0.25, -0.2) is 9.59 Å². The van der Waals surface area contributed by atoms with Crippen molar-refractivity contribution in [3.63, 3.8) is 0 Å². The average molecular weight is 419 g/mol. The molecular formula is C20H23ClN4O4. The summed E-state index contributed by atoms with van der Waals surface area (Å²) in [5, 5.41) is 13.5. The molecule has 2 fully saturated rings. The van der Waals surface area contributed by atoms with E-state index in [1.165, 1.54) is 25.1 Å². The predicted molar refractivity (Wildman–Crippen MR) is 108 cm³/mol. The van der Waals surface area contributed by atoms with Gasteiger partial charge in [0.05, 0.1) is 5.69 Å². The maximum Gasteiger partial charge on any atom is 0.356 e. The molecular weight excluding hydrogens is 396 g/mol. The minimum atomic E-state index is -1.15. The van der Waals surface area contributed by atoms with E-state index in [0.29, 0.717) is 31.0 Å². The summed E-state index contributed by atoms with van der Waals surface area (Å²) in [6.07, 6.45) is 5.12. The fourth-order valence-electron chi connectivity index (χ4n) is 3.83. The van der Waals surface area contributed by atoms with Crippen molar-refractivity contribution in [1.82, 2.24) is 14.7 Å². The molecule has 29 heavy (non-hydrogen) atoms. The normalized spacial score (nSPS) is 17.6. The predicted octanol–water partition coefficient (Wildman–Crippen LogP) is 3.35. The Balaban J connectivity index is 1.38. The standard InChI is InChI=1S/C20H23ClN4O4/c21-14-3-4-18(17(13-14)23-8-1-2-9-23)29-15-5-10-24(11-6-15)20(28)25-12-7-16(22-25)19(26)27/h3-4,7,12-13,15H,1-2,5-6,8-11H2,(H,26,27). The first-order valence-electron chi connectivity index (χ1n) is 9.80. The fourth-order valence-corrected chi connectivity index (χ4v) is 4.00. The van der Waals surface area contributed by atoms with Crippen molar-refractivity contribution in [1.29, 1.82) is 0 Å². The Bertz CT molecular complexity index is 902. The van der Waals surface area contributed by atoms with Crippen LogP contribution < -0.4 is 9.64 Å². The van der Waals surface area contributed by atoms with Crippen LogP contribution in [-0.4, -0.2) is 64.1 Å². The number of ether oxygens (including phenoxy) is 1. The number of hydrogen-bond acceptors (Lipinski definition) is 5. The molecule has 0 radical (unpaired) electrons. The first kappa shape index (κ1) is 19.6. The van der Waals surface area contributed by atoms with Crippen LogP contribution >= 0.6 is 11.6 Å². The first-order chi connectivity index (χ1) is 14.0. The molecule has 3 heterocycles. The Labute approximate surface area is 173 Å². The van der Waals surface area contributed by atoms with Gasteiger partial charge in [-0.15, -0.1) is 0 Å². The number of carboxylic acids is 1. The van der Waals surface area contributed by atoms with Gasteiger partial charge in [0, 0.05) is 50.2 Å². The van der Waals surface area contributed by atoms with Crippen LogP contribution in [0, 0.1) is 0 Å². The molecule has 0 unspecified atom stereocenters. The molecule has 154 valence electrons. The van der Waals surface area contributed by atoms with E-state index in [9.17, 15) is 9.59 Å². The van der Waals surface area contributed by atoms with Gasteiger partial charge in [0.25, 0.3) is 0 Å². The van der Waals surface area contributed by atoms with Gasteiger partial charge in [0.1, 0.15) is 11.9 Å². The van der Waals surface area contributed by atoms with Gasteiger partial charge in [-0.2, -0.15) is 9.78 Å². The third-order valence-electron chi connectivity index (χ3n) is 5.38. The SMILES string of the molecule is O=C(O)c1ccn(C(=O)N2CCC(Oc3ccc(Cl)cc3N3CCCC3)CC2)n1. The number of piperidine rings is 1. The summed E-state index contributed by atoms with van der Waals surface area (Å²) in [5.41, 5.74) is 0.889. The first-order valence-corrected chi connectivity index (χ1v) is 10.2. The van der Waals surface area contributed by atoms with E-state index in [2.05, 4.69) is 10.00 Å². The Morgan fingerprint density at radius 1 is 1.10 bits per heavy atom. The second-order valence-electron chi connectivity index (χ2n) is 7.34. The Morgan fingerprint density at radius 2 is 1.83 bits per heavy atom. The van der Waals surface area contributed by atoms with Crippen LogP contribution in [0.3, 0.4) is 0 Å². The monoisotopic (exact) mass is 418 g/mol. The highest BCUT2D eigenvalue weighted by Gasteiger charge is 2.27. The number of anilines is 1. The number of aromatic nitrogens is 2. The summed E-state index contributed by atoms with van der Waals surface area (Å²) >= 11 is 6.20. The molecule has 1 N–H and O–H groups in total. The molecule has 0 bridgehead atoms. The van der Waals surface area contributed by atoms with Crippen molar-refractivity contribution in [2.75, 3.05) is 31.1 Å². The largest absolute Gasteiger partial charge is 0.488 e. The summed E-state index contributed by atoms with van der Waals surface area (Å²) in [7, 11) is 0. The zero-order valence-electron chi connectivity index (χ0n) is 16.0. The number of nitrogens with zero attached hydrogens (tertiary/aromatic N) is 4. The molecule has 8 nitrogen and oxygen atoms in total. The van der Waals surface area contributed by atoms with Crippen molar-refractivity contribution in [2.45, 2.75) is 31.8 Å². The number of rotatable bonds is 4. The molecule has 1 aromatic heterocycles. The van der Waals surface area contributed by atoms with E-state index in [-0.39, 0.29) is 17.8 Å². The minimum Gasteiger partial charge on any atom is -0.488 e. The number of carboxylic acid groups (broad SMARTS) is 1. The quantitative estimate of drug-likeness (QED) is 0.819. The molecule has 2 aliphatic rings. The molecule has 4 rings (SSSR count). The van der Waals surface area contributed by atoms with E-state index < -0.39 is 5.97 Å². The molecule has 2 aromatic rings. The Morgan fingerprint density at radius 3 is 2.48 bits per heavy atom. The number of halogens is 1. The van der Waals surface area contributed by atoms with Crippen molar-refractivity contribution in [2.24, 2.45) is 0 Å². The van der Waals surface area contributed by atoms with E-state index in [0.717, 1.165) is 29.2 Å². The van der Waals surface area contributed by atoms with E-state index in [1.807, 2.05) is 18.2 Å². The molecule has 2 saturated heterocycles. The molecule has 0 atom stereocenters. The number of amides is 1. The zero-order chi connectivity index (χ0) is 20.4. The zero-order valence-corrected chi connectivity index (χ0v) is 16.7. The number of carbonyl (C=O) groups excluding carboxylic acids is 1. The summed E-state index contributed by atoms with van der Waals surface area (Å²) in [5.74, 6) is -0.320. The number of aromatic carboxylic acids is 1. The Hall–Kier alpha value is -2.74. The van der Waals surface area contributed by atoms with Crippen LogP contribution in [0.1, 0.15) is 36.2 Å². The van der Waals surface area contributed by atoms with Gasteiger partial charge in [-0.05, 0) is 37.1 Å². The van der Waals surface area contributed by atoms with Crippen LogP contribution in [-0.2, 0) is 0 Å².